The number of carboxylic acid groups (broad SMARTS) is 1. The minimum absolute atomic E-state index is 0.103. The zero-order valence-corrected chi connectivity index (χ0v) is 12.9. The summed E-state index contributed by atoms with van der Waals surface area (Å²) in [5.41, 5.74) is 0.874. The van der Waals surface area contributed by atoms with Crippen molar-refractivity contribution < 1.29 is 14.7 Å². The summed E-state index contributed by atoms with van der Waals surface area (Å²) in [5.74, 6) is -1.42. The van der Waals surface area contributed by atoms with Gasteiger partial charge in [-0.3, -0.25) is 4.79 Å². The highest BCUT2D eigenvalue weighted by atomic mass is 79.9. The molecule has 1 N–H and O–H groups in total. The van der Waals surface area contributed by atoms with Crippen molar-refractivity contribution >= 4 is 39.1 Å². The molecule has 20 heavy (non-hydrogen) atoms. The number of aromatic carboxylic acids is 1. The number of halogens is 1. The van der Waals surface area contributed by atoms with E-state index in [9.17, 15) is 9.59 Å². The maximum Gasteiger partial charge on any atom is 0.355 e. The molecule has 0 aliphatic carbocycles. The lowest BCUT2D eigenvalue weighted by Crippen LogP contribution is -2.26. The number of hydrogen-bond acceptors (Lipinski definition) is 4. The Morgan fingerprint density at radius 1 is 1.45 bits per heavy atom. The molecular formula is C13H11BrN2O3S. The standard InChI is InChI=1S/C13H11BrN2O3S/c1-16(6-8-3-2-4-9(14)5-8)12(17)11-15-10(7-20-11)13(18)19/h2-5,7H,6H2,1H3,(H,18,19). The Hall–Kier alpha value is -1.73. The minimum Gasteiger partial charge on any atom is -0.476 e. The van der Waals surface area contributed by atoms with Gasteiger partial charge in [-0.05, 0) is 17.7 Å². The van der Waals surface area contributed by atoms with Crippen LogP contribution in [-0.4, -0.2) is 33.9 Å². The van der Waals surface area contributed by atoms with Gasteiger partial charge in [0.2, 0.25) is 0 Å². The second-order valence-corrected chi connectivity index (χ2v) is 5.91. The predicted molar refractivity (Wildman–Crippen MR) is 79.0 cm³/mol. The quantitative estimate of drug-likeness (QED) is 0.916. The first-order chi connectivity index (χ1) is 9.47. The molecule has 2 rings (SSSR count). The van der Waals surface area contributed by atoms with Crippen molar-refractivity contribution in [1.82, 2.24) is 9.88 Å². The summed E-state index contributed by atoms with van der Waals surface area (Å²) in [5, 5.41) is 10.3. The van der Waals surface area contributed by atoms with Gasteiger partial charge in [-0.25, -0.2) is 9.78 Å². The number of aromatic nitrogens is 1. The molecule has 0 saturated carbocycles. The predicted octanol–water partition coefficient (Wildman–Crippen LogP) is 2.88. The van der Waals surface area contributed by atoms with E-state index in [1.165, 1.54) is 10.3 Å². The zero-order valence-electron chi connectivity index (χ0n) is 10.5. The van der Waals surface area contributed by atoms with Gasteiger partial charge >= 0.3 is 5.97 Å². The summed E-state index contributed by atoms with van der Waals surface area (Å²) in [4.78, 5) is 28.2. The van der Waals surface area contributed by atoms with E-state index in [1.807, 2.05) is 24.3 Å². The van der Waals surface area contributed by atoms with Crippen molar-refractivity contribution in [2.24, 2.45) is 0 Å². The highest BCUT2D eigenvalue weighted by Gasteiger charge is 2.18. The van der Waals surface area contributed by atoms with Gasteiger partial charge in [-0.15, -0.1) is 11.3 Å². The largest absolute Gasteiger partial charge is 0.476 e. The van der Waals surface area contributed by atoms with Gasteiger partial charge in [0, 0.05) is 23.4 Å². The van der Waals surface area contributed by atoms with Gasteiger partial charge in [0.05, 0.1) is 0 Å². The van der Waals surface area contributed by atoms with Crippen molar-refractivity contribution in [2.45, 2.75) is 6.54 Å². The average Bonchev–Trinajstić information content (AvgIpc) is 2.87. The van der Waals surface area contributed by atoms with Crippen LogP contribution in [0.2, 0.25) is 0 Å². The Bertz CT molecular complexity index is 657. The normalized spacial score (nSPS) is 10.3. The Labute approximate surface area is 128 Å². The fourth-order valence-corrected chi connectivity index (χ4v) is 2.85. The maximum atomic E-state index is 12.1. The number of benzene rings is 1. The van der Waals surface area contributed by atoms with Gasteiger partial charge in [-0.2, -0.15) is 0 Å². The Balaban J connectivity index is 2.10. The monoisotopic (exact) mass is 354 g/mol. The Morgan fingerprint density at radius 2 is 2.20 bits per heavy atom. The summed E-state index contributed by atoms with van der Waals surface area (Å²) in [6.07, 6.45) is 0. The number of thiazole rings is 1. The smallest absolute Gasteiger partial charge is 0.355 e. The van der Waals surface area contributed by atoms with E-state index in [-0.39, 0.29) is 16.6 Å². The molecule has 2 aromatic rings. The first-order valence-electron chi connectivity index (χ1n) is 5.66. The van der Waals surface area contributed by atoms with Gasteiger partial charge in [0.15, 0.2) is 10.7 Å². The van der Waals surface area contributed by atoms with Crippen LogP contribution in [0.25, 0.3) is 0 Å². The molecule has 0 saturated heterocycles. The first-order valence-corrected chi connectivity index (χ1v) is 7.33. The van der Waals surface area contributed by atoms with E-state index in [2.05, 4.69) is 20.9 Å². The second-order valence-electron chi connectivity index (χ2n) is 4.13. The van der Waals surface area contributed by atoms with Crippen LogP contribution in [0.1, 0.15) is 25.9 Å². The molecule has 0 spiro atoms. The topological polar surface area (TPSA) is 70.5 Å². The lowest BCUT2D eigenvalue weighted by Gasteiger charge is -2.15. The van der Waals surface area contributed by atoms with Gasteiger partial charge in [-0.1, -0.05) is 28.1 Å². The average molecular weight is 355 g/mol. The molecule has 1 heterocycles. The number of rotatable bonds is 4. The van der Waals surface area contributed by atoms with Crippen LogP contribution in [0.5, 0.6) is 0 Å². The molecule has 0 aliphatic rings. The van der Waals surface area contributed by atoms with Crippen molar-refractivity contribution in [1.29, 1.82) is 0 Å². The SMILES string of the molecule is CN(Cc1cccc(Br)c1)C(=O)c1nc(C(=O)O)cs1. The summed E-state index contributed by atoms with van der Waals surface area (Å²) < 4.78 is 0.943. The van der Waals surface area contributed by atoms with Crippen LogP contribution < -0.4 is 0 Å². The third-order valence-electron chi connectivity index (χ3n) is 2.56. The summed E-state index contributed by atoms with van der Waals surface area (Å²) >= 11 is 4.41. The lowest BCUT2D eigenvalue weighted by atomic mass is 10.2. The molecule has 1 aromatic heterocycles. The Kier molecular flexibility index (Phi) is 4.51. The maximum absolute atomic E-state index is 12.1. The fourth-order valence-electron chi connectivity index (χ4n) is 1.61. The van der Waals surface area contributed by atoms with Crippen LogP contribution >= 0.6 is 27.3 Å². The zero-order chi connectivity index (χ0) is 14.7. The van der Waals surface area contributed by atoms with Crippen molar-refractivity contribution in [3.63, 3.8) is 0 Å². The van der Waals surface area contributed by atoms with E-state index in [0.29, 0.717) is 6.54 Å². The first kappa shape index (κ1) is 14.7. The molecule has 1 amide bonds. The highest BCUT2D eigenvalue weighted by molar-refractivity contribution is 9.10. The van der Waals surface area contributed by atoms with E-state index < -0.39 is 5.97 Å². The summed E-state index contributed by atoms with van der Waals surface area (Å²) in [7, 11) is 1.66. The molecule has 0 radical (unpaired) electrons. The fraction of sp³-hybridized carbons (Fsp3) is 0.154. The third kappa shape index (κ3) is 3.43. The number of carbonyl (C=O) groups is 2. The number of hydrogen-bond donors (Lipinski definition) is 1. The van der Waals surface area contributed by atoms with E-state index >= 15 is 0 Å². The molecule has 0 bridgehead atoms. The summed E-state index contributed by atoms with van der Waals surface area (Å²) in [6, 6.07) is 7.64. The molecule has 7 heteroatoms. The van der Waals surface area contributed by atoms with Crippen molar-refractivity contribution in [3.8, 4) is 0 Å². The van der Waals surface area contributed by atoms with Gasteiger partial charge in [0.25, 0.3) is 5.91 Å². The van der Waals surface area contributed by atoms with Crippen LogP contribution in [-0.2, 0) is 6.54 Å². The van der Waals surface area contributed by atoms with Crippen molar-refractivity contribution in [2.75, 3.05) is 7.05 Å². The summed E-state index contributed by atoms with van der Waals surface area (Å²) in [6.45, 7) is 0.431. The number of carbonyl (C=O) groups excluding carboxylic acids is 1. The van der Waals surface area contributed by atoms with E-state index in [0.717, 1.165) is 21.4 Å². The van der Waals surface area contributed by atoms with Crippen LogP contribution in [0.15, 0.2) is 34.1 Å². The molecule has 5 nitrogen and oxygen atoms in total. The number of nitrogens with zero attached hydrogens (tertiary/aromatic N) is 2. The third-order valence-corrected chi connectivity index (χ3v) is 3.89. The molecule has 0 atom stereocenters. The van der Waals surface area contributed by atoms with Crippen molar-refractivity contribution in [3.05, 3.63) is 50.4 Å². The molecule has 0 fully saturated rings. The van der Waals surface area contributed by atoms with E-state index in [1.54, 1.807) is 7.05 Å². The van der Waals surface area contributed by atoms with Gasteiger partial charge < -0.3 is 10.0 Å². The van der Waals surface area contributed by atoms with Crippen LogP contribution in [0.3, 0.4) is 0 Å². The molecular weight excluding hydrogens is 344 g/mol. The molecule has 0 aliphatic heterocycles. The number of amides is 1. The van der Waals surface area contributed by atoms with Crippen LogP contribution in [0, 0.1) is 0 Å². The second kappa shape index (κ2) is 6.15. The molecule has 0 unspecified atom stereocenters. The van der Waals surface area contributed by atoms with Crippen LogP contribution in [0.4, 0.5) is 0 Å². The Morgan fingerprint density at radius 3 is 2.80 bits per heavy atom. The lowest BCUT2D eigenvalue weighted by molar-refractivity contribution is 0.0691. The molecule has 1 aromatic carbocycles. The minimum atomic E-state index is -1.13. The molecule has 104 valence electrons. The highest BCUT2D eigenvalue weighted by Crippen LogP contribution is 2.16. The van der Waals surface area contributed by atoms with E-state index in [4.69, 9.17) is 5.11 Å². The van der Waals surface area contributed by atoms with Gasteiger partial charge in [0.1, 0.15) is 0 Å². The number of carboxylic acids is 1.